The lowest BCUT2D eigenvalue weighted by atomic mass is 10.1. The number of hydrogen-bond acceptors (Lipinski definition) is 6. The lowest BCUT2D eigenvalue weighted by Gasteiger charge is -2.35. The Morgan fingerprint density at radius 2 is 1.63 bits per heavy atom. The van der Waals surface area contributed by atoms with Crippen LogP contribution in [0.4, 0.5) is 5.69 Å². The molecule has 204 valence electrons. The van der Waals surface area contributed by atoms with Gasteiger partial charge in [-0.3, -0.25) is 14.5 Å². The first kappa shape index (κ1) is 29.4. The Bertz CT molecular complexity index is 1090. The van der Waals surface area contributed by atoms with Gasteiger partial charge in [-0.05, 0) is 62.2 Å². The SMILES string of the molecule is COC(=O)/C=C/C(=O)N(CCOC(C)C)c1ccc(C(=O)N2CCN(CCc3ccc(Cl)cc3)CC2)cc1. The van der Waals surface area contributed by atoms with E-state index in [4.69, 9.17) is 16.3 Å². The van der Waals surface area contributed by atoms with Gasteiger partial charge in [0.1, 0.15) is 0 Å². The monoisotopic (exact) mass is 541 g/mol. The van der Waals surface area contributed by atoms with Gasteiger partial charge < -0.3 is 19.3 Å². The van der Waals surface area contributed by atoms with Gasteiger partial charge in [-0.25, -0.2) is 4.79 Å². The number of halogens is 1. The van der Waals surface area contributed by atoms with E-state index < -0.39 is 5.97 Å². The summed E-state index contributed by atoms with van der Waals surface area (Å²) in [5.41, 5.74) is 2.43. The molecule has 0 unspecified atom stereocenters. The van der Waals surface area contributed by atoms with Crippen LogP contribution in [0.15, 0.2) is 60.7 Å². The summed E-state index contributed by atoms with van der Waals surface area (Å²) in [5, 5.41) is 0.740. The Labute approximate surface area is 229 Å². The van der Waals surface area contributed by atoms with Crippen molar-refractivity contribution >= 4 is 35.1 Å². The van der Waals surface area contributed by atoms with E-state index in [9.17, 15) is 14.4 Å². The summed E-state index contributed by atoms with van der Waals surface area (Å²) in [6, 6.07) is 14.9. The summed E-state index contributed by atoms with van der Waals surface area (Å²) in [7, 11) is 1.25. The van der Waals surface area contributed by atoms with E-state index >= 15 is 0 Å². The van der Waals surface area contributed by atoms with Crippen LogP contribution in [0.25, 0.3) is 0 Å². The minimum Gasteiger partial charge on any atom is -0.466 e. The summed E-state index contributed by atoms with van der Waals surface area (Å²) in [6.45, 7) is 8.38. The molecule has 0 aromatic heterocycles. The molecule has 0 aliphatic carbocycles. The molecule has 0 N–H and O–H groups in total. The van der Waals surface area contributed by atoms with Crippen LogP contribution < -0.4 is 4.90 Å². The molecule has 1 fully saturated rings. The highest BCUT2D eigenvalue weighted by atomic mass is 35.5. The maximum Gasteiger partial charge on any atom is 0.330 e. The van der Waals surface area contributed by atoms with E-state index in [0.717, 1.165) is 37.2 Å². The molecule has 2 amide bonds. The molecule has 1 aliphatic heterocycles. The Hall–Kier alpha value is -3.20. The van der Waals surface area contributed by atoms with E-state index in [1.807, 2.05) is 43.0 Å². The van der Waals surface area contributed by atoms with Crippen LogP contribution in [0.5, 0.6) is 0 Å². The zero-order valence-corrected chi connectivity index (χ0v) is 23.0. The Balaban J connectivity index is 1.57. The van der Waals surface area contributed by atoms with Gasteiger partial charge in [-0.15, -0.1) is 0 Å². The number of esters is 1. The van der Waals surface area contributed by atoms with Crippen LogP contribution in [-0.4, -0.2) is 86.7 Å². The third kappa shape index (κ3) is 8.97. The Kier molecular flexibility index (Phi) is 11.3. The molecular weight excluding hydrogens is 506 g/mol. The molecule has 0 spiro atoms. The lowest BCUT2D eigenvalue weighted by Crippen LogP contribution is -2.49. The molecule has 0 atom stereocenters. The molecule has 0 bridgehead atoms. The van der Waals surface area contributed by atoms with Crippen molar-refractivity contribution in [2.75, 3.05) is 57.9 Å². The van der Waals surface area contributed by atoms with Gasteiger partial charge in [-0.1, -0.05) is 23.7 Å². The highest BCUT2D eigenvalue weighted by Gasteiger charge is 2.22. The van der Waals surface area contributed by atoms with Crippen molar-refractivity contribution in [1.29, 1.82) is 0 Å². The number of rotatable bonds is 11. The van der Waals surface area contributed by atoms with Crippen LogP contribution in [0, 0.1) is 0 Å². The van der Waals surface area contributed by atoms with Crippen LogP contribution >= 0.6 is 11.6 Å². The average Bonchev–Trinajstić information content (AvgIpc) is 2.93. The predicted molar refractivity (Wildman–Crippen MR) is 149 cm³/mol. The fourth-order valence-corrected chi connectivity index (χ4v) is 4.25. The van der Waals surface area contributed by atoms with Crippen LogP contribution in [0.2, 0.25) is 5.02 Å². The molecular formula is C29H36ClN3O5. The van der Waals surface area contributed by atoms with Crippen LogP contribution in [0.3, 0.4) is 0 Å². The second-order valence-corrected chi connectivity index (χ2v) is 9.76. The summed E-state index contributed by atoms with van der Waals surface area (Å²) in [4.78, 5) is 43.1. The quantitative estimate of drug-likeness (QED) is 0.318. The third-order valence-electron chi connectivity index (χ3n) is 6.31. The number of benzene rings is 2. The Morgan fingerprint density at radius 3 is 2.24 bits per heavy atom. The number of methoxy groups -OCH3 is 1. The highest BCUT2D eigenvalue weighted by molar-refractivity contribution is 6.30. The summed E-state index contributed by atoms with van der Waals surface area (Å²) >= 11 is 5.96. The van der Waals surface area contributed by atoms with E-state index in [1.54, 1.807) is 24.3 Å². The van der Waals surface area contributed by atoms with Crippen molar-refractivity contribution in [2.24, 2.45) is 0 Å². The molecule has 2 aromatic rings. The van der Waals surface area contributed by atoms with Crippen molar-refractivity contribution in [3.63, 3.8) is 0 Å². The summed E-state index contributed by atoms with van der Waals surface area (Å²) < 4.78 is 10.2. The third-order valence-corrected chi connectivity index (χ3v) is 6.56. The number of carbonyl (C=O) groups is 3. The number of amides is 2. The van der Waals surface area contributed by atoms with Gasteiger partial charge in [0.05, 0.1) is 19.8 Å². The number of hydrogen-bond donors (Lipinski definition) is 0. The predicted octanol–water partition coefficient (Wildman–Crippen LogP) is 3.83. The molecule has 2 aromatic carbocycles. The number of nitrogens with zero attached hydrogens (tertiary/aromatic N) is 3. The summed E-state index contributed by atoms with van der Waals surface area (Å²) in [6.07, 6.45) is 3.23. The smallest absolute Gasteiger partial charge is 0.330 e. The second kappa shape index (κ2) is 14.7. The average molecular weight is 542 g/mol. The van der Waals surface area contributed by atoms with Gasteiger partial charge >= 0.3 is 5.97 Å². The first-order valence-electron chi connectivity index (χ1n) is 12.8. The van der Waals surface area contributed by atoms with Crippen molar-refractivity contribution in [2.45, 2.75) is 26.4 Å². The minimum atomic E-state index is -0.609. The summed E-state index contributed by atoms with van der Waals surface area (Å²) in [5.74, 6) is -1.01. The van der Waals surface area contributed by atoms with E-state index in [-0.39, 0.29) is 17.9 Å². The number of piperazine rings is 1. The maximum atomic E-state index is 13.1. The van der Waals surface area contributed by atoms with Gasteiger partial charge in [0.25, 0.3) is 11.8 Å². The molecule has 1 saturated heterocycles. The topological polar surface area (TPSA) is 79.4 Å². The molecule has 0 saturated carbocycles. The van der Waals surface area contributed by atoms with Crippen molar-refractivity contribution in [3.05, 3.63) is 76.8 Å². The number of ether oxygens (including phenoxy) is 2. The highest BCUT2D eigenvalue weighted by Crippen LogP contribution is 2.18. The van der Waals surface area contributed by atoms with Crippen LogP contribution in [0.1, 0.15) is 29.8 Å². The van der Waals surface area contributed by atoms with Crippen LogP contribution in [-0.2, 0) is 25.5 Å². The second-order valence-electron chi connectivity index (χ2n) is 9.32. The number of carbonyl (C=O) groups excluding carboxylic acids is 3. The standard InChI is InChI=1S/C29H36ClN3O5/c1-22(2)38-21-20-33(27(34)12-13-28(35)37-3)26-10-6-24(7-11-26)29(36)32-18-16-31(17-19-32)15-14-23-4-8-25(30)9-5-23/h4-13,22H,14-21H2,1-3H3/b13-12+. The molecule has 8 nitrogen and oxygen atoms in total. The van der Waals surface area contributed by atoms with E-state index in [0.29, 0.717) is 37.5 Å². The minimum absolute atomic E-state index is 0.0236. The zero-order valence-electron chi connectivity index (χ0n) is 22.3. The molecule has 0 radical (unpaired) electrons. The van der Waals surface area contributed by atoms with Gasteiger partial charge in [-0.2, -0.15) is 0 Å². The molecule has 38 heavy (non-hydrogen) atoms. The molecule has 9 heteroatoms. The fraction of sp³-hybridized carbons (Fsp3) is 0.414. The zero-order chi connectivity index (χ0) is 27.5. The molecule has 1 aliphatic rings. The van der Waals surface area contributed by atoms with Gasteiger partial charge in [0.15, 0.2) is 0 Å². The van der Waals surface area contributed by atoms with Crippen molar-refractivity contribution < 1.29 is 23.9 Å². The van der Waals surface area contributed by atoms with Crippen molar-refractivity contribution in [1.82, 2.24) is 9.80 Å². The van der Waals surface area contributed by atoms with Gasteiger partial charge in [0.2, 0.25) is 0 Å². The largest absolute Gasteiger partial charge is 0.466 e. The molecule has 1 heterocycles. The maximum absolute atomic E-state index is 13.1. The van der Waals surface area contributed by atoms with Crippen molar-refractivity contribution in [3.8, 4) is 0 Å². The molecule has 3 rings (SSSR count). The van der Waals surface area contributed by atoms with E-state index in [2.05, 4.69) is 9.64 Å². The normalized spacial score (nSPS) is 14.2. The lowest BCUT2D eigenvalue weighted by molar-refractivity contribution is -0.135. The fourth-order valence-electron chi connectivity index (χ4n) is 4.12. The first-order valence-corrected chi connectivity index (χ1v) is 13.2. The van der Waals surface area contributed by atoms with Gasteiger partial charge in [0, 0.05) is 67.7 Å². The van der Waals surface area contributed by atoms with E-state index in [1.165, 1.54) is 23.6 Å². The Morgan fingerprint density at radius 1 is 0.974 bits per heavy atom. The first-order chi connectivity index (χ1) is 18.3. The number of anilines is 1.